The van der Waals surface area contributed by atoms with Crippen LogP contribution in [0.25, 0.3) is 11.0 Å². The summed E-state index contributed by atoms with van der Waals surface area (Å²) in [5.41, 5.74) is 4.50. The maximum absolute atomic E-state index is 6.17. The molecule has 1 aliphatic rings. The van der Waals surface area contributed by atoms with Crippen LogP contribution < -0.4 is 11.3 Å². The Balaban J connectivity index is 2.35. The predicted molar refractivity (Wildman–Crippen MR) is 60.8 cm³/mol. The zero-order chi connectivity index (χ0) is 10.4. The molecule has 1 fully saturated rings. The zero-order valence-electron chi connectivity index (χ0n) is 8.07. The minimum Gasteiger partial charge on any atom is -0.305 e. The van der Waals surface area contributed by atoms with E-state index in [1.165, 1.54) is 12.8 Å². The Morgan fingerprint density at radius 2 is 2.27 bits per heavy atom. The molecule has 1 saturated carbocycles. The third-order valence-electron chi connectivity index (χ3n) is 2.70. The average Bonchev–Trinajstić information content (AvgIpc) is 2.99. The molecule has 0 unspecified atom stereocenters. The van der Waals surface area contributed by atoms with Gasteiger partial charge in [0.1, 0.15) is 0 Å². The smallest absolute Gasteiger partial charge is 0.218 e. The van der Waals surface area contributed by atoms with Crippen LogP contribution in [0.2, 0.25) is 5.02 Å². The molecule has 0 radical (unpaired) electrons. The standard InChI is InChI=1S/C10H11ClN4/c11-7-2-1-3-8-9(7)15(6-4-5-6)10(13-8)14-12/h1-3,6H,4-5,12H2,(H,13,14). The number of imidazole rings is 1. The average molecular weight is 223 g/mol. The van der Waals surface area contributed by atoms with Crippen molar-refractivity contribution in [2.24, 2.45) is 5.84 Å². The Kier molecular flexibility index (Phi) is 1.87. The molecule has 0 atom stereocenters. The number of para-hydroxylation sites is 1. The van der Waals surface area contributed by atoms with Gasteiger partial charge in [0.15, 0.2) is 0 Å². The van der Waals surface area contributed by atoms with E-state index in [0.29, 0.717) is 12.0 Å². The maximum Gasteiger partial charge on any atom is 0.218 e. The van der Waals surface area contributed by atoms with Crippen molar-refractivity contribution >= 4 is 28.6 Å². The number of benzene rings is 1. The summed E-state index contributed by atoms with van der Waals surface area (Å²) in [4.78, 5) is 4.40. The van der Waals surface area contributed by atoms with E-state index in [9.17, 15) is 0 Å². The number of nitrogens with zero attached hydrogens (tertiary/aromatic N) is 2. The van der Waals surface area contributed by atoms with Crippen molar-refractivity contribution in [3.63, 3.8) is 0 Å². The van der Waals surface area contributed by atoms with Crippen LogP contribution in [0.5, 0.6) is 0 Å². The number of fused-ring (bicyclic) bond motifs is 1. The van der Waals surface area contributed by atoms with Crippen molar-refractivity contribution in [2.75, 3.05) is 5.43 Å². The van der Waals surface area contributed by atoms with Crippen molar-refractivity contribution in [1.29, 1.82) is 0 Å². The van der Waals surface area contributed by atoms with Gasteiger partial charge in [-0.1, -0.05) is 17.7 Å². The SMILES string of the molecule is NNc1nc2cccc(Cl)c2n1C1CC1. The molecular formula is C10H11ClN4. The summed E-state index contributed by atoms with van der Waals surface area (Å²) in [6.07, 6.45) is 2.34. The number of hydrazine groups is 1. The van der Waals surface area contributed by atoms with E-state index in [2.05, 4.69) is 15.0 Å². The summed E-state index contributed by atoms with van der Waals surface area (Å²) in [7, 11) is 0. The second kappa shape index (κ2) is 3.12. The molecule has 3 rings (SSSR count). The molecule has 1 aliphatic carbocycles. The van der Waals surface area contributed by atoms with Crippen LogP contribution in [0.4, 0.5) is 5.95 Å². The minimum absolute atomic E-state index is 0.501. The number of nitrogen functional groups attached to an aromatic ring is 1. The first-order valence-electron chi connectivity index (χ1n) is 4.94. The molecule has 5 heteroatoms. The van der Waals surface area contributed by atoms with Crippen LogP contribution in [-0.2, 0) is 0 Å². The first-order chi connectivity index (χ1) is 7.31. The van der Waals surface area contributed by atoms with Gasteiger partial charge in [-0.3, -0.25) is 5.43 Å². The molecule has 1 heterocycles. The first-order valence-corrected chi connectivity index (χ1v) is 5.32. The molecule has 78 valence electrons. The van der Waals surface area contributed by atoms with Gasteiger partial charge in [-0.05, 0) is 25.0 Å². The molecule has 4 nitrogen and oxygen atoms in total. The minimum atomic E-state index is 0.501. The lowest BCUT2D eigenvalue weighted by atomic mass is 10.3. The number of nitrogens with one attached hydrogen (secondary N) is 1. The summed E-state index contributed by atoms with van der Waals surface area (Å²) in [5, 5.41) is 0.730. The summed E-state index contributed by atoms with van der Waals surface area (Å²) in [5.74, 6) is 6.15. The van der Waals surface area contributed by atoms with Gasteiger partial charge in [0.2, 0.25) is 5.95 Å². The van der Waals surface area contributed by atoms with Crippen molar-refractivity contribution < 1.29 is 0 Å². The number of hydrogen-bond acceptors (Lipinski definition) is 3. The van der Waals surface area contributed by atoms with E-state index >= 15 is 0 Å². The highest BCUT2D eigenvalue weighted by Gasteiger charge is 2.28. The van der Waals surface area contributed by atoms with E-state index in [-0.39, 0.29) is 0 Å². The Morgan fingerprint density at radius 3 is 2.93 bits per heavy atom. The Morgan fingerprint density at radius 1 is 1.47 bits per heavy atom. The third kappa shape index (κ3) is 1.29. The number of rotatable bonds is 2. The largest absolute Gasteiger partial charge is 0.305 e. The van der Waals surface area contributed by atoms with Crippen LogP contribution in [0.1, 0.15) is 18.9 Å². The van der Waals surface area contributed by atoms with Crippen LogP contribution in [0, 0.1) is 0 Å². The Bertz CT molecular complexity index is 515. The molecular weight excluding hydrogens is 212 g/mol. The molecule has 0 spiro atoms. The summed E-state index contributed by atoms with van der Waals surface area (Å²) >= 11 is 6.17. The Labute approximate surface area is 92.0 Å². The summed E-state index contributed by atoms with van der Waals surface area (Å²) < 4.78 is 2.09. The lowest BCUT2D eigenvalue weighted by Gasteiger charge is -2.06. The van der Waals surface area contributed by atoms with E-state index < -0.39 is 0 Å². The summed E-state index contributed by atoms with van der Waals surface area (Å²) in [6.45, 7) is 0. The van der Waals surface area contributed by atoms with Crippen molar-refractivity contribution in [3.05, 3.63) is 23.2 Å². The lowest BCUT2D eigenvalue weighted by molar-refractivity contribution is 0.770. The van der Waals surface area contributed by atoms with Crippen LogP contribution in [0.3, 0.4) is 0 Å². The first kappa shape index (κ1) is 9.00. The lowest BCUT2D eigenvalue weighted by Crippen LogP contribution is -2.12. The molecule has 0 saturated heterocycles. The fraction of sp³-hybridized carbons (Fsp3) is 0.300. The van der Waals surface area contributed by atoms with Crippen LogP contribution in [0.15, 0.2) is 18.2 Å². The van der Waals surface area contributed by atoms with E-state index in [0.717, 1.165) is 16.1 Å². The highest BCUT2D eigenvalue weighted by atomic mass is 35.5. The van der Waals surface area contributed by atoms with E-state index in [4.69, 9.17) is 17.4 Å². The number of hydrogen-bond donors (Lipinski definition) is 2. The van der Waals surface area contributed by atoms with Crippen LogP contribution in [-0.4, -0.2) is 9.55 Å². The number of halogens is 1. The highest BCUT2D eigenvalue weighted by molar-refractivity contribution is 6.35. The fourth-order valence-corrected chi connectivity index (χ4v) is 2.16. The van der Waals surface area contributed by atoms with E-state index in [1.807, 2.05) is 18.2 Å². The topological polar surface area (TPSA) is 55.9 Å². The predicted octanol–water partition coefficient (Wildman–Crippen LogP) is 2.31. The normalized spacial score (nSPS) is 15.9. The second-order valence-electron chi connectivity index (χ2n) is 3.79. The number of anilines is 1. The molecule has 0 bridgehead atoms. The van der Waals surface area contributed by atoms with Crippen molar-refractivity contribution in [3.8, 4) is 0 Å². The van der Waals surface area contributed by atoms with Crippen molar-refractivity contribution in [1.82, 2.24) is 9.55 Å². The van der Waals surface area contributed by atoms with E-state index in [1.54, 1.807) is 0 Å². The van der Waals surface area contributed by atoms with Gasteiger partial charge in [0, 0.05) is 6.04 Å². The van der Waals surface area contributed by atoms with Gasteiger partial charge in [-0.2, -0.15) is 0 Å². The van der Waals surface area contributed by atoms with Crippen molar-refractivity contribution in [2.45, 2.75) is 18.9 Å². The van der Waals surface area contributed by atoms with Gasteiger partial charge in [-0.25, -0.2) is 10.8 Å². The van der Waals surface area contributed by atoms with Gasteiger partial charge in [-0.15, -0.1) is 0 Å². The van der Waals surface area contributed by atoms with Gasteiger partial charge >= 0.3 is 0 Å². The molecule has 3 N–H and O–H groups in total. The quantitative estimate of drug-likeness (QED) is 0.606. The number of aromatic nitrogens is 2. The zero-order valence-corrected chi connectivity index (χ0v) is 8.83. The molecule has 0 amide bonds. The molecule has 1 aromatic heterocycles. The summed E-state index contributed by atoms with van der Waals surface area (Å²) in [6, 6.07) is 6.22. The van der Waals surface area contributed by atoms with Gasteiger partial charge in [0.05, 0.1) is 16.1 Å². The second-order valence-corrected chi connectivity index (χ2v) is 4.20. The monoisotopic (exact) mass is 222 g/mol. The van der Waals surface area contributed by atoms with Crippen LogP contribution >= 0.6 is 11.6 Å². The maximum atomic E-state index is 6.17. The molecule has 0 aliphatic heterocycles. The third-order valence-corrected chi connectivity index (χ3v) is 3.01. The highest BCUT2D eigenvalue weighted by Crippen LogP contribution is 2.41. The molecule has 1 aromatic carbocycles. The van der Waals surface area contributed by atoms with Gasteiger partial charge in [0.25, 0.3) is 0 Å². The van der Waals surface area contributed by atoms with Gasteiger partial charge < -0.3 is 4.57 Å². The molecule has 15 heavy (non-hydrogen) atoms. The Hall–Kier alpha value is -1.26. The molecule has 2 aromatic rings. The number of nitrogens with two attached hydrogens (primary N) is 1. The fourth-order valence-electron chi connectivity index (χ4n) is 1.90.